The number of anilines is 1. The van der Waals surface area contributed by atoms with E-state index in [1.165, 1.54) is 12.1 Å². The molecule has 134 valence electrons. The first kappa shape index (κ1) is 18.6. The molecule has 0 spiro atoms. The van der Waals surface area contributed by atoms with E-state index in [0.717, 1.165) is 10.4 Å². The van der Waals surface area contributed by atoms with E-state index in [1.807, 2.05) is 23.6 Å². The minimum Gasteiger partial charge on any atom is -0.323 e. The maximum Gasteiger partial charge on any atom is 0.241 e. The van der Waals surface area contributed by atoms with Crippen LogP contribution in [-0.4, -0.2) is 11.9 Å². The zero-order valence-electron chi connectivity index (χ0n) is 14.1. The number of hydrogen-bond donors (Lipinski definition) is 2. The van der Waals surface area contributed by atoms with Crippen LogP contribution in [0.3, 0.4) is 0 Å². The summed E-state index contributed by atoms with van der Waals surface area (Å²) in [4.78, 5) is 13.6. The van der Waals surface area contributed by atoms with Crippen molar-refractivity contribution in [2.75, 3.05) is 5.32 Å². The average Bonchev–Trinajstić information content (AvgIpc) is 3.16. The summed E-state index contributed by atoms with van der Waals surface area (Å²) in [7, 11) is 0. The highest BCUT2D eigenvalue weighted by Gasteiger charge is 2.22. The Kier molecular flexibility index (Phi) is 6.04. The molecule has 6 heteroatoms. The number of para-hydroxylation sites is 1. The summed E-state index contributed by atoms with van der Waals surface area (Å²) in [5.74, 6) is -0.482. The second-order valence-electron chi connectivity index (χ2n) is 5.86. The van der Waals surface area contributed by atoms with Crippen molar-refractivity contribution in [3.05, 3.63) is 87.3 Å². The number of thiophene rings is 1. The third-order valence-electron chi connectivity index (χ3n) is 3.97. The molecule has 3 aromatic rings. The lowest BCUT2D eigenvalue weighted by molar-refractivity contribution is -0.117. The van der Waals surface area contributed by atoms with E-state index in [2.05, 4.69) is 10.6 Å². The van der Waals surface area contributed by atoms with Crippen molar-refractivity contribution in [3.63, 3.8) is 0 Å². The molecule has 3 nitrogen and oxygen atoms in total. The summed E-state index contributed by atoms with van der Waals surface area (Å²) >= 11 is 7.68. The number of halogens is 2. The summed E-state index contributed by atoms with van der Waals surface area (Å²) in [6.45, 7) is 1.79. The van der Waals surface area contributed by atoms with Crippen molar-refractivity contribution < 1.29 is 9.18 Å². The summed E-state index contributed by atoms with van der Waals surface area (Å²) in [6, 6.07) is 16.6. The van der Waals surface area contributed by atoms with E-state index < -0.39 is 6.04 Å². The fourth-order valence-corrected chi connectivity index (χ4v) is 3.58. The van der Waals surface area contributed by atoms with Gasteiger partial charge < -0.3 is 5.32 Å². The molecule has 0 aliphatic rings. The second kappa shape index (κ2) is 8.45. The van der Waals surface area contributed by atoms with Gasteiger partial charge in [0.2, 0.25) is 5.91 Å². The zero-order chi connectivity index (χ0) is 18.5. The van der Waals surface area contributed by atoms with Gasteiger partial charge in [0.25, 0.3) is 0 Å². The summed E-state index contributed by atoms with van der Waals surface area (Å²) < 4.78 is 13.3. The molecule has 0 bridgehead atoms. The van der Waals surface area contributed by atoms with Gasteiger partial charge in [0.15, 0.2) is 0 Å². The fraction of sp³-hybridized carbons (Fsp3) is 0.150. The van der Waals surface area contributed by atoms with Crippen LogP contribution in [0.25, 0.3) is 0 Å². The SMILES string of the molecule is CC(NC(c1ccc(F)cc1)c1cccs1)C(=O)Nc1ccccc1Cl. The van der Waals surface area contributed by atoms with Crippen molar-refractivity contribution in [2.24, 2.45) is 0 Å². The molecular weight excluding hydrogens is 371 g/mol. The molecule has 2 N–H and O–H groups in total. The second-order valence-corrected chi connectivity index (χ2v) is 7.24. The van der Waals surface area contributed by atoms with Crippen LogP contribution >= 0.6 is 22.9 Å². The highest BCUT2D eigenvalue weighted by molar-refractivity contribution is 7.10. The van der Waals surface area contributed by atoms with Crippen molar-refractivity contribution in [3.8, 4) is 0 Å². The summed E-state index contributed by atoms with van der Waals surface area (Å²) in [6.07, 6.45) is 0. The van der Waals surface area contributed by atoms with Gasteiger partial charge in [-0.05, 0) is 48.2 Å². The van der Waals surface area contributed by atoms with Crippen LogP contribution in [0.5, 0.6) is 0 Å². The van der Waals surface area contributed by atoms with Gasteiger partial charge in [-0.1, -0.05) is 41.9 Å². The van der Waals surface area contributed by atoms with Gasteiger partial charge in [-0.2, -0.15) is 0 Å². The number of carbonyl (C=O) groups excluding carboxylic acids is 1. The first-order chi connectivity index (χ1) is 12.5. The Hall–Kier alpha value is -2.21. The quantitative estimate of drug-likeness (QED) is 0.605. The Morgan fingerprint density at radius 3 is 2.46 bits per heavy atom. The summed E-state index contributed by atoms with van der Waals surface area (Å²) in [5.41, 5.74) is 1.47. The molecule has 2 atom stereocenters. The number of rotatable bonds is 6. The van der Waals surface area contributed by atoms with Crippen LogP contribution in [0.2, 0.25) is 5.02 Å². The van der Waals surface area contributed by atoms with E-state index in [4.69, 9.17) is 11.6 Å². The Balaban J connectivity index is 1.77. The number of benzene rings is 2. The number of nitrogens with one attached hydrogen (secondary N) is 2. The predicted octanol–water partition coefficient (Wildman–Crippen LogP) is 5.25. The van der Waals surface area contributed by atoms with Crippen LogP contribution in [0, 0.1) is 5.82 Å². The van der Waals surface area contributed by atoms with Crippen molar-refractivity contribution in [2.45, 2.75) is 19.0 Å². The van der Waals surface area contributed by atoms with Crippen LogP contribution in [0.1, 0.15) is 23.4 Å². The molecule has 2 aromatic carbocycles. The molecule has 0 aliphatic carbocycles. The van der Waals surface area contributed by atoms with E-state index in [1.54, 1.807) is 48.6 Å². The molecule has 0 saturated heterocycles. The number of carbonyl (C=O) groups is 1. The summed E-state index contributed by atoms with van der Waals surface area (Å²) in [5, 5.41) is 8.62. The minimum atomic E-state index is -0.483. The number of hydrogen-bond acceptors (Lipinski definition) is 3. The highest BCUT2D eigenvalue weighted by Crippen LogP contribution is 2.27. The molecule has 1 heterocycles. The van der Waals surface area contributed by atoms with E-state index in [-0.39, 0.29) is 17.8 Å². The maximum atomic E-state index is 13.3. The van der Waals surface area contributed by atoms with Crippen LogP contribution in [-0.2, 0) is 4.79 Å². The van der Waals surface area contributed by atoms with Crippen LogP contribution in [0.15, 0.2) is 66.0 Å². The lowest BCUT2D eigenvalue weighted by Gasteiger charge is -2.23. The van der Waals surface area contributed by atoms with Gasteiger partial charge in [0.05, 0.1) is 22.8 Å². The van der Waals surface area contributed by atoms with E-state index in [0.29, 0.717) is 10.7 Å². The third kappa shape index (κ3) is 4.49. The molecular formula is C20H18ClFN2OS. The van der Waals surface area contributed by atoms with Gasteiger partial charge in [-0.15, -0.1) is 11.3 Å². The lowest BCUT2D eigenvalue weighted by Crippen LogP contribution is -2.40. The smallest absolute Gasteiger partial charge is 0.241 e. The van der Waals surface area contributed by atoms with Crippen LogP contribution in [0.4, 0.5) is 10.1 Å². The topological polar surface area (TPSA) is 41.1 Å². The van der Waals surface area contributed by atoms with Gasteiger partial charge in [-0.25, -0.2) is 4.39 Å². The van der Waals surface area contributed by atoms with Gasteiger partial charge >= 0.3 is 0 Å². The average molecular weight is 389 g/mol. The highest BCUT2D eigenvalue weighted by atomic mass is 35.5. The molecule has 3 rings (SSSR count). The van der Waals surface area contributed by atoms with Crippen molar-refractivity contribution >= 4 is 34.5 Å². The Morgan fingerprint density at radius 1 is 1.08 bits per heavy atom. The third-order valence-corrected chi connectivity index (χ3v) is 5.24. The molecule has 0 fully saturated rings. The Bertz CT molecular complexity index is 868. The van der Waals surface area contributed by atoms with E-state index >= 15 is 0 Å². The lowest BCUT2D eigenvalue weighted by atomic mass is 10.0. The largest absolute Gasteiger partial charge is 0.323 e. The number of amides is 1. The van der Waals surface area contributed by atoms with Gasteiger partial charge in [0.1, 0.15) is 5.82 Å². The van der Waals surface area contributed by atoms with Gasteiger partial charge in [0, 0.05) is 4.88 Å². The molecule has 26 heavy (non-hydrogen) atoms. The molecule has 1 amide bonds. The Labute approximate surface area is 160 Å². The first-order valence-corrected chi connectivity index (χ1v) is 9.40. The molecule has 0 saturated carbocycles. The van der Waals surface area contributed by atoms with Crippen molar-refractivity contribution in [1.82, 2.24) is 5.32 Å². The zero-order valence-corrected chi connectivity index (χ0v) is 15.7. The van der Waals surface area contributed by atoms with Crippen LogP contribution < -0.4 is 10.6 Å². The molecule has 2 unspecified atom stereocenters. The van der Waals surface area contributed by atoms with E-state index in [9.17, 15) is 9.18 Å². The predicted molar refractivity (Wildman–Crippen MR) is 105 cm³/mol. The normalized spacial score (nSPS) is 13.2. The van der Waals surface area contributed by atoms with Gasteiger partial charge in [-0.3, -0.25) is 10.1 Å². The standard InChI is InChI=1S/C20H18ClFN2OS/c1-13(20(25)24-17-6-3-2-5-16(17)21)23-19(18-7-4-12-26-18)14-8-10-15(22)11-9-14/h2-13,19,23H,1H3,(H,24,25). The van der Waals surface area contributed by atoms with Crippen molar-refractivity contribution in [1.29, 1.82) is 0 Å². The Morgan fingerprint density at radius 2 is 1.81 bits per heavy atom. The monoisotopic (exact) mass is 388 g/mol. The molecule has 1 aromatic heterocycles. The first-order valence-electron chi connectivity index (χ1n) is 8.15. The minimum absolute atomic E-state index is 0.193. The molecule has 0 radical (unpaired) electrons. The molecule has 0 aliphatic heterocycles. The maximum absolute atomic E-state index is 13.3. The fourth-order valence-electron chi connectivity index (χ4n) is 2.58.